The van der Waals surface area contributed by atoms with Crippen molar-refractivity contribution in [2.24, 2.45) is 0 Å². The third kappa shape index (κ3) is 55.1. The van der Waals surface area contributed by atoms with Crippen LogP contribution in [0.5, 0.6) is 0 Å². The Balaban J connectivity index is 1.65. The van der Waals surface area contributed by atoms with Gasteiger partial charge in [-0.15, -0.1) is 12.3 Å². The third-order valence-corrected chi connectivity index (χ3v) is 27.5. The molecule has 0 saturated carbocycles. The van der Waals surface area contributed by atoms with Crippen molar-refractivity contribution in [3.05, 3.63) is 0 Å². The van der Waals surface area contributed by atoms with Crippen LogP contribution in [0.25, 0.3) is 0 Å². The maximum atomic E-state index is 13.6. The van der Waals surface area contributed by atoms with Gasteiger partial charge in [0.05, 0.1) is 97.8 Å². The topological polar surface area (TPSA) is 630 Å². The maximum absolute atomic E-state index is 13.6. The van der Waals surface area contributed by atoms with Crippen LogP contribution in [0, 0.1) is 12.3 Å². The van der Waals surface area contributed by atoms with Crippen LogP contribution < -0.4 is 37.2 Å². The van der Waals surface area contributed by atoms with Gasteiger partial charge in [0.2, 0.25) is 41.4 Å². The summed E-state index contributed by atoms with van der Waals surface area (Å²) in [5, 5.41) is 19.6. The molecule has 0 spiro atoms. The van der Waals surface area contributed by atoms with Gasteiger partial charge in [-0.05, 0) is 119 Å². The first-order chi connectivity index (χ1) is 69.4. The number of ether oxygens (including phenoxy) is 18. The molecule has 836 valence electrons. The SMILES string of the molecule is C#CCCC(=O)NC(COCCC(=O)NCCCNC(=O)CCCCO[C@H]1O[C@H](CCP(=O)(OCC)OCC)[C@@H](OC(C)=O)[C@H](OC(C)=O)[C@@H]1OC(C)=O)(COCCC(=O)NCCCNC(=O)CCCCO[C@H]1O[C@H](CCP(=O)(OCC)OCC)[C@@H](OC(C)=O)[C@H](OC(C)=O)[C@@H]1OC(C)=O)COCCC(=O)NCCCNC(=O)CCCCO[C@H]1O[C@H](CCP(=O)(OCC)OCC)[C@@H](OC(C)=O)[C@H](OC(C)=O)[C@@H]1OC(C)=O. The average molecular weight is 2150 g/mol. The van der Waals surface area contributed by atoms with Crippen molar-refractivity contribution in [1.29, 1.82) is 0 Å². The lowest BCUT2D eigenvalue weighted by Crippen LogP contribution is -2.62. The fraction of sp³-hybridized carbons (Fsp3) is 0.806. The van der Waals surface area contributed by atoms with E-state index in [1.807, 2.05) is 0 Å². The van der Waals surface area contributed by atoms with E-state index in [1.165, 1.54) is 0 Å². The van der Waals surface area contributed by atoms with Gasteiger partial charge >= 0.3 is 76.5 Å². The van der Waals surface area contributed by atoms with Crippen molar-refractivity contribution in [2.45, 2.75) is 330 Å². The molecule has 3 rings (SSSR count). The summed E-state index contributed by atoms with van der Waals surface area (Å²) in [7, 11) is -11.0. The maximum Gasteiger partial charge on any atom is 0.330 e. The first-order valence-corrected chi connectivity index (χ1v) is 54.7. The summed E-state index contributed by atoms with van der Waals surface area (Å²) in [5.74, 6) is -7.54. The minimum atomic E-state index is -3.67. The molecule has 53 heteroatoms. The highest BCUT2D eigenvalue weighted by atomic mass is 31.2. The van der Waals surface area contributed by atoms with Gasteiger partial charge in [-0.1, -0.05) is 0 Å². The fourth-order valence-corrected chi connectivity index (χ4v) is 20.3. The Labute approximate surface area is 853 Å². The molecule has 3 aliphatic rings. The number of hydrogen-bond donors (Lipinski definition) is 7. The van der Waals surface area contributed by atoms with E-state index in [1.54, 1.807) is 41.5 Å². The zero-order chi connectivity index (χ0) is 109. The molecule has 0 bridgehead atoms. The number of esters is 9. The number of carbonyl (C=O) groups is 16. The quantitative estimate of drug-likeness (QED) is 0.0131. The lowest BCUT2D eigenvalue weighted by Gasteiger charge is -2.44. The smallest absolute Gasteiger partial charge is 0.330 e. The molecule has 3 aliphatic heterocycles. The van der Waals surface area contributed by atoms with Crippen molar-refractivity contribution in [3.63, 3.8) is 0 Å². The molecule has 0 aliphatic carbocycles. The molecule has 7 N–H and O–H groups in total. The number of terminal acetylenes is 1. The molecule has 146 heavy (non-hydrogen) atoms. The van der Waals surface area contributed by atoms with E-state index in [2.05, 4.69) is 43.1 Å². The van der Waals surface area contributed by atoms with E-state index in [9.17, 15) is 90.4 Å². The predicted molar refractivity (Wildman–Crippen MR) is 514 cm³/mol. The van der Waals surface area contributed by atoms with Gasteiger partial charge < -0.3 is 150 Å². The summed E-state index contributed by atoms with van der Waals surface area (Å²) in [6.07, 6.45) is -13.2. The zero-order valence-corrected chi connectivity index (χ0v) is 89.4. The predicted octanol–water partition coefficient (Wildman–Crippen LogP) is 5.43. The van der Waals surface area contributed by atoms with Gasteiger partial charge in [0, 0.05) is 173 Å². The second-order valence-corrected chi connectivity index (χ2v) is 40.3. The first kappa shape index (κ1) is 131. The average Bonchev–Trinajstić information content (AvgIpc) is 0.790. The number of rotatable bonds is 78. The van der Waals surface area contributed by atoms with Crippen LogP contribution >= 0.6 is 22.8 Å². The number of carbonyl (C=O) groups excluding carboxylic acids is 16. The molecule has 0 unspecified atom stereocenters. The summed E-state index contributed by atoms with van der Waals surface area (Å²) >= 11 is 0. The van der Waals surface area contributed by atoms with Gasteiger partial charge in [0.15, 0.2) is 73.8 Å². The van der Waals surface area contributed by atoms with Crippen molar-refractivity contribution in [2.75, 3.05) is 157 Å². The first-order valence-electron chi connectivity index (χ1n) is 49.5. The van der Waals surface area contributed by atoms with E-state index in [0.717, 1.165) is 62.3 Å². The molecule has 50 nitrogen and oxygen atoms in total. The number of nitrogens with one attached hydrogen (secondary N) is 7. The van der Waals surface area contributed by atoms with E-state index in [0.29, 0.717) is 38.5 Å². The highest BCUT2D eigenvalue weighted by Gasteiger charge is 2.56. The molecule has 3 fully saturated rings. The Bertz CT molecular complexity index is 3810. The molecule has 0 aromatic carbocycles. The van der Waals surface area contributed by atoms with E-state index in [4.69, 9.17) is 119 Å². The molecular weight excluding hydrogens is 2000 g/mol. The van der Waals surface area contributed by atoms with Crippen LogP contribution in [0.4, 0.5) is 0 Å². The summed E-state index contributed by atoms with van der Waals surface area (Å²) in [4.78, 5) is 204. The molecule has 0 aromatic heterocycles. The Morgan fingerprint density at radius 2 is 0.500 bits per heavy atom. The Morgan fingerprint density at radius 1 is 0.281 bits per heavy atom. The van der Waals surface area contributed by atoms with E-state index < -0.39 is 198 Å². The van der Waals surface area contributed by atoms with Gasteiger partial charge in [-0.2, -0.15) is 0 Å². The van der Waals surface area contributed by atoms with Crippen LogP contribution in [-0.2, 0) is 203 Å². The molecule has 15 atom stereocenters. The minimum Gasteiger partial charge on any atom is -0.456 e. The number of hydrogen-bond acceptors (Lipinski definition) is 43. The summed E-state index contributed by atoms with van der Waals surface area (Å²) in [5.41, 5.74) is -1.52. The van der Waals surface area contributed by atoms with Crippen molar-refractivity contribution in [3.8, 4) is 12.3 Å². The van der Waals surface area contributed by atoms with Gasteiger partial charge in [0.1, 0.15) is 23.9 Å². The lowest BCUT2D eigenvalue weighted by molar-refractivity contribution is -0.304. The summed E-state index contributed by atoms with van der Waals surface area (Å²) in [6, 6.07) is 0. The zero-order valence-electron chi connectivity index (χ0n) is 86.7. The summed E-state index contributed by atoms with van der Waals surface area (Å²) < 4.78 is 178. The molecule has 3 saturated heterocycles. The van der Waals surface area contributed by atoms with Crippen LogP contribution in [0.1, 0.15) is 232 Å². The Kier molecular flexibility index (Phi) is 66.0. The third-order valence-electron chi connectivity index (χ3n) is 21.2. The monoisotopic (exact) mass is 2150 g/mol. The van der Waals surface area contributed by atoms with Crippen molar-refractivity contribution in [1.82, 2.24) is 37.2 Å². The Hall–Kier alpha value is -8.83. The largest absolute Gasteiger partial charge is 0.456 e. The molecule has 0 aromatic rings. The molecule has 7 amide bonds. The van der Waals surface area contributed by atoms with E-state index in [-0.39, 0.29) is 264 Å². The lowest BCUT2D eigenvalue weighted by atomic mass is 9.96. The van der Waals surface area contributed by atoms with Gasteiger partial charge in [-0.3, -0.25) is 90.4 Å². The van der Waals surface area contributed by atoms with Crippen molar-refractivity contribution >= 4 is 118 Å². The number of unbranched alkanes of at least 4 members (excludes halogenated alkanes) is 3. The van der Waals surface area contributed by atoms with Gasteiger partial charge in [-0.25, -0.2) is 0 Å². The van der Waals surface area contributed by atoms with Crippen LogP contribution in [0.2, 0.25) is 0 Å². The molecule has 3 heterocycles. The summed E-state index contributed by atoms with van der Waals surface area (Å²) in [6.45, 7) is 19.4. The second-order valence-electron chi connectivity index (χ2n) is 33.8. The highest BCUT2D eigenvalue weighted by molar-refractivity contribution is 7.54. The highest BCUT2D eigenvalue weighted by Crippen LogP contribution is 2.52. The van der Waals surface area contributed by atoms with Crippen LogP contribution in [0.15, 0.2) is 0 Å². The van der Waals surface area contributed by atoms with Gasteiger partial charge in [0.25, 0.3) is 0 Å². The van der Waals surface area contributed by atoms with Crippen molar-refractivity contribution < 1.29 is 203 Å². The molecular formula is C93H156N7O43P3. The normalized spacial score (nSPS) is 21.0. The minimum absolute atomic E-state index is 0.0338. The van der Waals surface area contributed by atoms with Crippen LogP contribution in [0.3, 0.4) is 0 Å². The van der Waals surface area contributed by atoms with E-state index >= 15 is 0 Å². The Morgan fingerprint density at radius 3 is 0.719 bits per heavy atom. The fourth-order valence-electron chi connectivity index (χ4n) is 15.2. The second kappa shape index (κ2) is 73.4. The standard InChI is InChI=1S/C93H156N7O43P3/c1-17-24-34-80(116)100-93(59-120-53-38-77(113)97-47-31-44-94-74(110)35-25-28-50-123-90-87(138-68(14)107)84(135-65(11)104)81(132-62(8)101)71(141-90)41-56-144(117,126-18-2)127-19-3,60-121-54-39-78(114)98-48-32-45-95-75(111)36-26-29-51-124-91-88(139-69(15)108)85(136-66(12)105)82(133-63(9)102)72(142-91)42-57-145(118,128-20-4)129-21-5)61-122-55-40-79(115)99-49-33-46-96-76(112)37-27-30-52-125-92-89(140-70(16)109)86(137-67(13)106)83(134-64(10)103)73(143-92)43-58-146(119,130-22-6)131-23-7/h1,71-73,81-92H,18-61H2,2-16H3,(H,94,110)(H,95,111)(H,96,112)(H,97,113)(H,98,114)(H,99,115)(H,100,116)/t71-,72-,73-,81-,82-,83-,84+,85+,86+,87+,88+,89+,90+,91+,92+/m1/s1. The van der Waals surface area contributed by atoms with Crippen LogP contribution in [-0.4, -0.2) is 350 Å². The number of amides is 7. The molecule has 0 radical (unpaired) electrons.